The Kier molecular flexibility index (Phi) is 4.66. The second-order valence-electron chi connectivity index (χ2n) is 4.83. The van der Waals surface area contributed by atoms with E-state index in [-0.39, 0.29) is 12.0 Å². The van der Waals surface area contributed by atoms with Gasteiger partial charge in [0.2, 0.25) is 0 Å². The molecule has 0 saturated heterocycles. The Balaban J connectivity index is 1.81. The third-order valence-corrected chi connectivity index (χ3v) is 3.91. The van der Waals surface area contributed by atoms with Gasteiger partial charge in [0.05, 0.1) is 6.10 Å². The summed E-state index contributed by atoms with van der Waals surface area (Å²) in [6.45, 7) is 0.669. The second kappa shape index (κ2) is 6.25. The van der Waals surface area contributed by atoms with Crippen LogP contribution in [0.2, 0.25) is 0 Å². The number of amides is 1. The van der Waals surface area contributed by atoms with Gasteiger partial charge in [0.15, 0.2) is 0 Å². The van der Waals surface area contributed by atoms with Crippen LogP contribution in [0.15, 0.2) is 24.3 Å². The van der Waals surface area contributed by atoms with Crippen molar-refractivity contribution in [1.82, 2.24) is 5.32 Å². The predicted molar refractivity (Wildman–Crippen MR) is 74.7 cm³/mol. The maximum Gasteiger partial charge on any atom is 0.251 e. The molecule has 1 aromatic rings. The maximum absolute atomic E-state index is 11.9. The summed E-state index contributed by atoms with van der Waals surface area (Å²) in [4.78, 5) is 11.9. The van der Waals surface area contributed by atoms with Crippen LogP contribution in [-0.2, 0) is 5.75 Å². The van der Waals surface area contributed by atoms with Crippen molar-refractivity contribution >= 4 is 17.7 Å². The molecule has 1 aromatic carbocycles. The van der Waals surface area contributed by atoms with E-state index < -0.39 is 0 Å². The van der Waals surface area contributed by atoms with Crippen LogP contribution in [0.1, 0.15) is 28.8 Å². The Morgan fingerprint density at radius 3 is 2.61 bits per heavy atom. The Morgan fingerprint density at radius 1 is 1.39 bits per heavy atom. The zero-order valence-corrected chi connectivity index (χ0v) is 11.4. The summed E-state index contributed by atoms with van der Waals surface area (Å²) in [5.41, 5.74) is 1.95. The van der Waals surface area contributed by atoms with Crippen LogP contribution in [0, 0.1) is 5.92 Å². The first-order valence-corrected chi connectivity index (χ1v) is 7.62. The number of benzene rings is 1. The van der Waals surface area contributed by atoms with E-state index in [1.54, 1.807) is 11.8 Å². The number of rotatable bonds is 5. The fourth-order valence-corrected chi connectivity index (χ4v) is 2.65. The molecule has 0 atom stereocenters. The van der Waals surface area contributed by atoms with Crippen LogP contribution in [0.4, 0.5) is 0 Å². The number of aliphatic hydroxyl groups excluding tert-OH is 1. The first-order chi connectivity index (χ1) is 8.69. The minimum atomic E-state index is -0.155. The van der Waals surface area contributed by atoms with Crippen LogP contribution >= 0.6 is 11.8 Å². The van der Waals surface area contributed by atoms with Crippen molar-refractivity contribution in [3.8, 4) is 0 Å². The van der Waals surface area contributed by atoms with Crippen LogP contribution < -0.4 is 5.32 Å². The van der Waals surface area contributed by atoms with E-state index in [1.807, 2.05) is 24.3 Å². The molecule has 0 aliphatic heterocycles. The quantitative estimate of drug-likeness (QED) is 0.856. The summed E-state index contributed by atoms with van der Waals surface area (Å²) in [5.74, 6) is 1.40. The number of carbonyl (C=O) groups is 1. The molecule has 0 unspecified atom stereocenters. The SMILES string of the molecule is CSCc1ccc(C(=O)NCC2CC(O)C2)cc1. The number of aliphatic hydroxyl groups is 1. The van der Waals surface area contributed by atoms with Crippen molar-refractivity contribution in [2.45, 2.75) is 24.7 Å². The van der Waals surface area contributed by atoms with Crippen LogP contribution in [0.25, 0.3) is 0 Å². The summed E-state index contributed by atoms with van der Waals surface area (Å²) in [6, 6.07) is 7.74. The molecule has 2 N–H and O–H groups in total. The summed E-state index contributed by atoms with van der Waals surface area (Å²) in [6.07, 6.45) is 3.53. The summed E-state index contributed by atoms with van der Waals surface area (Å²) in [5, 5.41) is 12.1. The molecule has 1 aliphatic rings. The van der Waals surface area contributed by atoms with Crippen LogP contribution in [-0.4, -0.2) is 29.9 Å². The van der Waals surface area contributed by atoms with E-state index in [1.165, 1.54) is 5.56 Å². The largest absolute Gasteiger partial charge is 0.393 e. The molecule has 0 bridgehead atoms. The van der Waals surface area contributed by atoms with E-state index in [9.17, 15) is 4.79 Å². The molecular formula is C14H19NO2S. The van der Waals surface area contributed by atoms with Gasteiger partial charge in [-0.15, -0.1) is 0 Å². The molecule has 3 nitrogen and oxygen atoms in total. The highest BCUT2D eigenvalue weighted by Gasteiger charge is 2.27. The van der Waals surface area contributed by atoms with Gasteiger partial charge >= 0.3 is 0 Å². The van der Waals surface area contributed by atoms with E-state index in [0.717, 1.165) is 18.6 Å². The van der Waals surface area contributed by atoms with Crippen molar-refractivity contribution in [3.63, 3.8) is 0 Å². The highest BCUT2D eigenvalue weighted by Crippen LogP contribution is 2.26. The average molecular weight is 265 g/mol. The van der Waals surface area contributed by atoms with Gasteiger partial charge < -0.3 is 10.4 Å². The van der Waals surface area contributed by atoms with Crippen molar-refractivity contribution in [3.05, 3.63) is 35.4 Å². The molecule has 2 rings (SSSR count). The standard InChI is InChI=1S/C14H19NO2S/c1-18-9-10-2-4-12(5-3-10)14(17)15-8-11-6-13(16)7-11/h2-5,11,13,16H,6-9H2,1H3,(H,15,17). The first-order valence-electron chi connectivity index (χ1n) is 6.23. The van der Waals surface area contributed by atoms with Gasteiger partial charge in [-0.25, -0.2) is 0 Å². The Hall–Kier alpha value is -1.00. The first kappa shape index (κ1) is 13.4. The molecular weight excluding hydrogens is 246 g/mol. The lowest BCUT2D eigenvalue weighted by Crippen LogP contribution is -2.38. The Labute approximate surface area is 112 Å². The zero-order chi connectivity index (χ0) is 13.0. The van der Waals surface area contributed by atoms with Crippen molar-refractivity contribution in [2.24, 2.45) is 5.92 Å². The van der Waals surface area contributed by atoms with E-state index >= 15 is 0 Å². The molecule has 0 aromatic heterocycles. The van der Waals surface area contributed by atoms with Gasteiger partial charge in [-0.2, -0.15) is 11.8 Å². The van der Waals surface area contributed by atoms with Gasteiger partial charge in [-0.05, 0) is 42.7 Å². The summed E-state index contributed by atoms with van der Waals surface area (Å²) in [7, 11) is 0. The zero-order valence-electron chi connectivity index (χ0n) is 10.6. The molecule has 4 heteroatoms. The average Bonchev–Trinajstić information content (AvgIpc) is 2.34. The molecule has 98 valence electrons. The number of hydrogen-bond donors (Lipinski definition) is 2. The maximum atomic E-state index is 11.9. The molecule has 1 saturated carbocycles. The lowest BCUT2D eigenvalue weighted by atomic mass is 9.82. The van der Waals surface area contributed by atoms with Gasteiger partial charge in [0.1, 0.15) is 0 Å². The fraction of sp³-hybridized carbons (Fsp3) is 0.500. The van der Waals surface area contributed by atoms with Crippen molar-refractivity contribution in [2.75, 3.05) is 12.8 Å². The third-order valence-electron chi connectivity index (χ3n) is 3.29. The van der Waals surface area contributed by atoms with E-state index in [2.05, 4.69) is 11.6 Å². The molecule has 1 aliphatic carbocycles. The predicted octanol–water partition coefficient (Wildman–Crippen LogP) is 2.05. The second-order valence-corrected chi connectivity index (χ2v) is 5.70. The molecule has 0 heterocycles. The van der Waals surface area contributed by atoms with Crippen LogP contribution in [0.3, 0.4) is 0 Å². The van der Waals surface area contributed by atoms with Gasteiger partial charge in [-0.1, -0.05) is 12.1 Å². The highest BCUT2D eigenvalue weighted by atomic mass is 32.2. The Bertz CT molecular complexity index is 399. The number of carbonyl (C=O) groups excluding carboxylic acids is 1. The van der Waals surface area contributed by atoms with Crippen molar-refractivity contribution in [1.29, 1.82) is 0 Å². The minimum absolute atomic E-state index is 0.0212. The van der Waals surface area contributed by atoms with E-state index in [0.29, 0.717) is 18.0 Å². The monoisotopic (exact) mass is 265 g/mol. The smallest absolute Gasteiger partial charge is 0.251 e. The number of nitrogens with one attached hydrogen (secondary N) is 1. The summed E-state index contributed by atoms with van der Waals surface area (Å²) < 4.78 is 0. The molecule has 0 radical (unpaired) electrons. The molecule has 1 amide bonds. The normalized spacial score (nSPS) is 22.3. The van der Waals surface area contributed by atoms with Gasteiger partial charge in [0.25, 0.3) is 5.91 Å². The molecule has 18 heavy (non-hydrogen) atoms. The third kappa shape index (κ3) is 3.50. The lowest BCUT2D eigenvalue weighted by molar-refractivity contribution is 0.0420. The molecule has 1 fully saturated rings. The van der Waals surface area contributed by atoms with E-state index in [4.69, 9.17) is 5.11 Å². The van der Waals surface area contributed by atoms with Crippen molar-refractivity contribution < 1.29 is 9.90 Å². The minimum Gasteiger partial charge on any atom is -0.393 e. The van der Waals surface area contributed by atoms with Crippen LogP contribution in [0.5, 0.6) is 0 Å². The Morgan fingerprint density at radius 2 is 2.06 bits per heavy atom. The number of hydrogen-bond acceptors (Lipinski definition) is 3. The highest BCUT2D eigenvalue weighted by molar-refractivity contribution is 7.97. The van der Waals surface area contributed by atoms with Gasteiger partial charge in [0, 0.05) is 17.9 Å². The molecule has 0 spiro atoms. The van der Waals surface area contributed by atoms with Gasteiger partial charge in [-0.3, -0.25) is 4.79 Å². The topological polar surface area (TPSA) is 49.3 Å². The number of thioether (sulfide) groups is 1. The fourth-order valence-electron chi connectivity index (χ4n) is 2.13. The lowest BCUT2D eigenvalue weighted by Gasteiger charge is -2.31. The summed E-state index contributed by atoms with van der Waals surface area (Å²) >= 11 is 1.77.